The number of nitrogens with two attached hydrogens (primary N) is 1. The minimum atomic E-state index is -0.211. The van der Waals surface area contributed by atoms with Crippen LogP contribution in [0.4, 0.5) is 0 Å². The van der Waals surface area contributed by atoms with Crippen LogP contribution in [0.1, 0.15) is 36.8 Å². The molecule has 1 aromatic carbocycles. The van der Waals surface area contributed by atoms with E-state index in [0.29, 0.717) is 6.04 Å². The Balaban J connectivity index is 1.52. The number of carbonyl (C=O) groups excluding carboxylic acids is 2. The van der Waals surface area contributed by atoms with Crippen LogP contribution >= 0.6 is 0 Å². The van der Waals surface area contributed by atoms with Gasteiger partial charge in [-0.05, 0) is 50.8 Å². The van der Waals surface area contributed by atoms with Gasteiger partial charge in [-0.1, -0.05) is 29.8 Å². The van der Waals surface area contributed by atoms with E-state index < -0.39 is 0 Å². The van der Waals surface area contributed by atoms with Gasteiger partial charge in [-0.3, -0.25) is 14.5 Å². The van der Waals surface area contributed by atoms with Crippen molar-refractivity contribution < 1.29 is 9.59 Å². The SMILES string of the molecule is Cc1ccc(/C=C/C(=O)N2CCC(N3CCC[C@@H]3C(N)=O)CC2)cc1. The normalized spacial score (nSPS) is 22.6. The molecule has 1 aromatic rings. The molecule has 2 fully saturated rings. The highest BCUT2D eigenvalue weighted by Crippen LogP contribution is 2.26. The van der Waals surface area contributed by atoms with E-state index in [-0.39, 0.29) is 17.9 Å². The van der Waals surface area contributed by atoms with Crippen molar-refractivity contribution in [3.05, 3.63) is 41.5 Å². The molecule has 0 bridgehead atoms. The number of piperidine rings is 1. The van der Waals surface area contributed by atoms with E-state index in [1.54, 1.807) is 6.08 Å². The van der Waals surface area contributed by atoms with E-state index in [4.69, 9.17) is 5.73 Å². The van der Waals surface area contributed by atoms with Gasteiger partial charge in [-0.25, -0.2) is 0 Å². The summed E-state index contributed by atoms with van der Waals surface area (Å²) in [7, 11) is 0. The van der Waals surface area contributed by atoms with Crippen molar-refractivity contribution in [2.24, 2.45) is 5.73 Å². The lowest BCUT2D eigenvalue weighted by Gasteiger charge is -2.38. The van der Waals surface area contributed by atoms with Crippen molar-refractivity contribution in [1.82, 2.24) is 9.80 Å². The summed E-state index contributed by atoms with van der Waals surface area (Å²) in [4.78, 5) is 28.1. The first kappa shape index (κ1) is 17.7. The van der Waals surface area contributed by atoms with Crippen molar-refractivity contribution in [2.75, 3.05) is 19.6 Å². The molecule has 5 heteroatoms. The number of aryl methyl sites for hydroxylation is 1. The average molecular weight is 341 g/mol. The van der Waals surface area contributed by atoms with Crippen LogP contribution in [0.5, 0.6) is 0 Å². The van der Waals surface area contributed by atoms with Crippen LogP contribution in [0.25, 0.3) is 6.08 Å². The van der Waals surface area contributed by atoms with Gasteiger partial charge < -0.3 is 10.6 Å². The summed E-state index contributed by atoms with van der Waals surface area (Å²) in [6.45, 7) is 4.47. The molecule has 2 N–H and O–H groups in total. The Morgan fingerprint density at radius 1 is 1.08 bits per heavy atom. The van der Waals surface area contributed by atoms with Crippen LogP contribution in [0, 0.1) is 6.92 Å². The fraction of sp³-hybridized carbons (Fsp3) is 0.500. The zero-order valence-electron chi connectivity index (χ0n) is 14.9. The van der Waals surface area contributed by atoms with Gasteiger partial charge in [0.15, 0.2) is 0 Å². The van der Waals surface area contributed by atoms with Gasteiger partial charge in [-0.2, -0.15) is 0 Å². The smallest absolute Gasteiger partial charge is 0.246 e. The quantitative estimate of drug-likeness (QED) is 0.851. The third kappa shape index (κ3) is 4.28. The summed E-state index contributed by atoms with van der Waals surface area (Å²) in [5, 5.41) is 0. The minimum Gasteiger partial charge on any atom is -0.368 e. The second-order valence-corrected chi connectivity index (χ2v) is 7.10. The molecule has 1 atom stereocenters. The van der Waals surface area contributed by atoms with E-state index in [2.05, 4.69) is 4.90 Å². The number of hydrogen-bond acceptors (Lipinski definition) is 3. The summed E-state index contributed by atoms with van der Waals surface area (Å²) >= 11 is 0. The highest BCUT2D eigenvalue weighted by Gasteiger charge is 2.35. The predicted octanol–water partition coefficient (Wildman–Crippen LogP) is 1.95. The monoisotopic (exact) mass is 341 g/mol. The highest BCUT2D eigenvalue weighted by atomic mass is 16.2. The zero-order chi connectivity index (χ0) is 17.8. The lowest BCUT2D eigenvalue weighted by molar-refractivity contribution is -0.129. The molecule has 2 aliphatic rings. The van der Waals surface area contributed by atoms with Crippen molar-refractivity contribution in [3.8, 4) is 0 Å². The van der Waals surface area contributed by atoms with Crippen LogP contribution in [0.3, 0.4) is 0 Å². The number of carbonyl (C=O) groups is 2. The number of nitrogens with zero attached hydrogens (tertiary/aromatic N) is 2. The fourth-order valence-electron chi connectivity index (χ4n) is 3.90. The van der Waals surface area contributed by atoms with E-state index in [1.165, 1.54) is 5.56 Å². The molecular weight excluding hydrogens is 314 g/mol. The topological polar surface area (TPSA) is 66.6 Å². The number of likely N-dealkylation sites (tertiary alicyclic amines) is 2. The molecule has 2 saturated heterocycles. The summed E-state index contributed by atoms with van der Waals surface area (Å²) in [6.07, 6.45) is 7.26. The van der Waals surface area contributed by atoms with Crippen molar-refractivity contribution in [1.29, 1.82) is 0 Å². The summed E-state index contributed by atoms with van der Waals surface area (Å²) in [5.41, 5.74) is 7.77. The average Bonchev–Trinajstić information content (AvgIpc) is 3.11. The van der Waals surface area contributed by atoms with Gasteiger partial charge in [-0.15, -0.1) is 0 Å². The Bertz CT molecular complexity index is 645. The zero-order valence-corrected chi connectivity index (χ0v) is 14.9. The number of primary amides is 1. The van der Waals surface area contributed by atoms with Crippen molar-refractivity contribution in [3.63, 3.8) is 0 Å². The van der Waals surface area contributed by atoms with Gasteiger partial charge in [0.25, 0.3) is 0 Å². The largest absolute Gasteiger partial charge is 0.368 e. The second kappa shape index (κ2) is 7.83. The minimum absolute atomic E-state index is 0.0619. The number of hydrogen-bond donors (Lipinski definition) is 1. The molecule has 0 saturated carbocycles. The van der Waals surface area contributed by atoms with Gasteiger partial charge in [0.2, 0.25) is 11.8 Å². The van der Waals surface area contributed by atoms with Crippen LogP contribution in [0.2, 0.25) is 0 Å². The lowest BCUT2D eigenvalue weighted by Crippen LogP contribution is -2.51. The molecule has 2 aliphatic heterocycles. The molecule has 0 aromatic heterocycles. The van der Waals surface area contributed by atoms with Gasteiger partial charge in [0.05, 0.1) is 6.04 Å². The van der Waals surface area contributed by atoms with Crippen LogP contribution in [-0.2, 0) is 9.59 Å². The fourth-order valence-corrected chi connectivity index (χ4v) is 3.90. The van der Waals surface area contributed by atoms with E-state index in [1.807, 2.05) is 42.2 Å². The molecule has 2 heterocycles. The lowest BCUT2D eigenvalue weighted by atomic mass is 10.0. The third-order valence-electron chi connectivity index (χ3n) is 5.36. The first-order valence-corrected chi connectivity index (χ1v) is 9.13. The Morgan fingerprint density at radius 2 is 1.76 bits per heavy atom. The van der Waals surface area contributed by atoms with Crippen LogP contribution in [-0.4, -0.2) is 53.3 Å². The standard InChI is InChI=1S/C20H27N3O2/c1-15-4-6-16(7-5-15)8-9-19(24)22-13-10-17(11-14-22)23-12-2-3-18(23)20(21)25/h4-9,17-18H,2-3,10-14H2,1H3,(H2,21,25)/b9-8+/t18-/m1/s1. The van der Waals surface area contributed by atoms with Crippen LogP contribution in [0.15, 0.2) is 30.3 Å². The first-order valence-electron chi connectivity index (χ1n) is 9.13. The molecule has 5 nitrogen and oxygen atoms in total. The Morgan fingerprint density at radius 3 is 2.40 bits per heavy atom. The molecule has 0 aliphatic carbocycles. The maximum absolute atomic E-state index is 12.4. The predicted molar refractivity (Wildman–Crippen MR) is 98.7 cm³/mol. The Hall–Kier alpha value is -2.14. The maximum Gasteiger partial charge on any atom is 0.246 e. The highest BCUT2D eigenvalue weighted by molar-refractivity contribution is 5.91. The third-order valence-corrected chi connectivity index (χ3v) is 5.36. The van der Waals surface area contributed by atoms with Crippen molar-refractivity contribution in [2.45, 2.75) is 44.7 Å². The van der Waals surface area contributed by atoms with E-state index in [9.17, 15) is 9.59 Å². The Kier molecular flexibility index (Phi) is 5.53. The molecule has 3 rings (SSSR count). The Labute approximate surface area is 149 Å². The molecule has 2 amide bonds. The number of rotatable bonds is 4. The molecule has 25 heavy (non-hydrogen) atoms. The molecule has 134 valence electrons. The van der Waals surface area contributed by atoms with E-state index in [0.717, 1.165) is 50.9 Å². The molecular formula is C20H27N3O2. The van der Waals surface area contributed by atoms with E-state index >= 15 is 0 Å². The molecule has 0 radical (unpaired) electrons. The number of amides is 2. The first-order chi connectivity index (χ1) is 12.0. The van der Waals surface area contributed by atoms with Gasteiger partial charge in [0.1, 0.15) is 0 Å². The van der Waals surface area contributed by atoms with Gasteiger partial charge in [0, 0.05) is 25.2 Å². The van der Waals surface area contributed by atoms with Gasteiger partial charge >= 0.3 is 0 Å². The summed E-state index contributed by atoms with van der Waals surface area (Å²) in [6, 6.07) is 8.37. The van der Waals surface area contributed by atoms with Crippen molar-refractivity contribution >= 4 is 17.9 Å². The molecule has 0 unspecified atom stereocenters. The molecule has 0 spiro atoms. The second-order valence-electron chi connectivity index (χ2n) is 7.10. The number of benzene rings is 1. The summed E-state index contributed by atoms with van der Waals surface area (Å²) < 4.78 is 0. The summed E-state index contributed by atoms with van der Waals surface area (Å²) in [5.74, 6) is -0.149. The van der Waals surface area contributed by atoms with Crippen LogP contribution < -0.4 is 5.73 Å². The maximum atomic E-state index is 12.4.